The lowest BCUT2D eigenvalue weighted by Crippen LogP contribution is -2.05. The molecule has 13 heavy (non-hydrogen) atoms. The SMILES string of the molecule is CCC(C)Cc1nc(C)nc(Cl)n1. The molecule has 0 aliphatic heterocycles. The Labute approximate surface area is 83.6 Å². The molecule has 1 rings (SSSR count). The molecular formula is C9H14ClN3. The molecule has 0 N–H and O–H groups in total. The van der Waals surface area contributed by atoms with Gasteiger partial charge in [0, 0.05) is 6.42 Å². The fourth-order valence-electron chi connectivity index (χ4n) is 1.05. The van der Waals surface area contributed by atoms with Gasteiger partial charge < -0.3 is 0 Å². The summed E-state index contributed by atoms with van der Waals surface area (Å²) in [6, 6.07) is 0. The van der Waals surface area contributed by atoms with Gasteiger partial charge in [-0.15, -0.1) is 0 Å². The van der Waals surface area contributed by atoms with E-state index in [1.54, 1.807) is 0 Å². The molecule has 1 aromatic heterocycles. The van der Waals surface area contributed by atoms with Crippen molar-refractivity contribution in [3.63, 3.8) is 0 Å². The van der Waals surface area contributed by atoms with E-state index in [9.17, 15) is 0 Å². The highest BCUT2D eigenvalue weighted by atomic mass is 35.5. The number of aryl methyl sites for hydroxylation is 1. The van der Waals surface area contributed by atoms with Crippen LogP contribution in [0.3, 0.4) is 0 Å². The Morgan fingerprint density at radius 2 is 2.00 bits per heavy atom. The van der Waals surface area contributed by atoms with E-state index in [0.29, 0.717) is 17.0 Å². The van der Waals surface area contributed by atoms with Crippen LogP contribution in [0.4, 0.5) is 0 Å². The quantitative estimate of drug-likeness (QED) is 0.751. The van der Waals surface area contributed by atoms with E-state index in [4.69, 9.17) is 11.6 Å². The summed E-state index contributed by atoms with van der Waals surface area (Å²) >= 11 is 5.71. The van der Waals surface area contributed by atoms with Crippen molar-refractivity contribution >= 4 is 11.6 Å². The zero-order valence-corrected chi connectivity index (χ0v) is 8.97. The van der Waals surface area contributed by atoms with Crippen molar-refractivity contribution in [2.24, 2.45) is 5.92 Å². The van der Waals surface area contributed by atoms with Gasteiger partial charge in [-0.1, -0.05) is 20.3 Å². The molecule has 4 heteroatoms. The van der Waals surface area contributed by atoms with Gasteiger partial charge in [-0.25, -0.2) is 15.0 Å². The highest BCUT2D eigenvalue weighted by molar-refractivity contribution is 6.28. The zero-order valence-electron chi connectivity index (χ0n) is 8.21. The molecule has 0 aliphatic carbocycles. The second kappa shape index (κ2) is 4.51. The first kappa shape index (κ1) is 10.4. The summed E-state index contributed by atoms with van der Waals surface area (Å²) < 4.78 is 0. The maximum Gasteiger partial charge on any atom is 0.225 e. The highest BCUT2D eigenvalue weighted by Gasteiger charge is 2.05. The minimum atomic E-state index is 0.297. The number of rotatable bonds is 3. The van der Waals surface area contributed by atoms with Gasteiger partial charge in [-0.05, 0) is 24.4 Å². The minimum Gasteiger partial charge on any atom is -0.218 e. The van der Waals surface area contributed by atoms with Gasteiger partial charge in [0.1, 0.15) is 11.6 Å². The summed E-state index contributed by atoms with van der Waals surface area (Å²) in [6.07, 6.45) is 2.00. The zero-order chi connectivity index (χ0) is 9.84. The topological polar surface area (TPSA) is 38.7 Å². The van der Waals surface area contributed by atoms with Gasteiger partial charge in [0.25, 0.3) is 0 Å². The fourth-order valence-corrected chi connectivity index (χ4v) is 1.27. The Morgan fingerprint density at radius 3 is 2.54 bits per heavy atom. The average Bonchev–Trinajstić information content (AvgIpc) is 2.02. The summed E-state index contributed by atoms with van der Waals surface area (Å²) in [7, 11) is 0. The molecule has 1 atom stereocenters. The Morgan fingerprint density at radius 1 is 1.31 bits per heavy atom. The molecule has 0 bridgehead atoms. The van der Waals surface area contributed by atoms with Crippen LogP contribution in [0.1, 0.15) is 31.9 Å². The van der Waals surface area contributed by atoms with Crippen molar-refractivity contribution in [1.82, 2.24) is 15.0 Å². The summed E-state index contributed by atoms with van der Waals surface area (Å²) in [4.78, 5) is 12.2. The molecule has 0 aromatic carbocycles. The monoisotopic (exact) mass is 199 g/mol. The van der Waals surface area contributed by atoms with Crippen molar-refractivity contribution in [1.29, 1.82) is 0 Å². The van der Waals surface area contributed by atoms with Crippen LogP contribution in [0.5, 0.6) is 0 Å². The Bertz CT molecular complexity index is 268. The lowest BCUT2D eigenvalue weighted by molar-refractivity contribution is 0.540. The van der Waals surface area contributed by atoms with Crippen molar-refractivity contribution in [2.45, 2.75) is 33.6 Å². The van der Waals surface area contributed by atoms with Crippen molar-refractivity contribution in [2.75, 3.05) is 0 Å². The predicted octanol–water partition coefficient (Wildman–Crippen LogP) is 2.42. The van der Waals surface area contributed by atoms with Crippen molar-refractivity contribution < 1.29 is 0 Å². The van der Waals surface area contributed by atoms with Gasteiger partial charge in [-0.3, -0.25) is 0 Å². The maximum atomic E-state index is 5.71. The normalized spacial score (nSPS) is 12.9. The van der Waals surface area contributed by atoms with Gasteiger partial charge in [-0.2, -0.15) is 0 Å². The van der Waals surface area contributed by atoms with Crippen LogP contribution in [0.2, 0.25) is 5.28 Å². The smallest absolute Gasteiger partial charge is 0.218 e. The van der Waals surface area contributed by atoms with E-state index in [-0.39, 0.29) is 0 Å². The van der Waals surface area contributed by atoms with Crippen LogP contribution in [0.15, 0.2) is 0 Å². The molecule has 72 valence electrons. The van der Waals surface area contributed by atoms with Crippen LogP contribution in [0.25, 0.3) is 0 Å². The summed E-state index contributed by atoms with van der Waals surface area (Å²) in [5, 5.41) is 0.297. The van der Waals surface area contributed by atoms with Crippen LogP contribution in [-0.4, -0.2) is 15.0 Å². The molecule has 1 heterocycles. The Kier molecular flexibility index (Phi) is 3.60. The summed E-state index contributed by atoms with van der Waals surface area (Å²) in [5.74, 6) is 2.09. The molecule has 0 saturated heterocycles. The largest absolute Gasteiger partial charge is 0.225 e. The number of hydrogen-bond acceptors (Lipinski definition) is 3. The molecule has 0 aliphatic rings. The van der Waals surface area contributed by atoms with Gasteiger partial charge in [0.2, 0.25) is 5.28 Å². The summed E-state index contributed by atoms with van der Waals surface area (Å²) in [5.41, 5.74) is 0. The number of hydrogen-bond donors (Lipinski definition) is 0. The molecule has 0 spiro atoms. The molecule has 0 radical (unpaired) electrons. The van der Waals surface area contributed by atoms with Crippen molar-refractivity contribution in [3.05, 3.63) is 16.9 Å². The van der Waals surface area contributed by atoms with Crippen molar-refractivity contribution in [3.8, 4) is 0 Å². The fraction of sp³-hybridized carbons (Fsp3) is 0.667. The predicted molar refractivity (Wildman–Crippen MR) is 52.7 cm³/mol. The third-order valence-electron chi connectivity index (χ3n) is 1.99. The standard InChI is InChI=1S/C9H14ClN3/c1-4-6(2)5-8-11-7(3)12-9(10)13-8/h6H,4-5H2,1-3H3. The van der Waals surface area contributed by atoms with E-state index >= 15 is 0 Å². The maximum absolute atomic E-state index is 5.71. The van der Waals surface area contributed by atoms with E-state index < -0.39 is 0 Å². The van der Waals surface area contributed by atoms with Gasteiger partial charge in [0.15, 0.2) is 0 Å². The number of halogens is 1. The minimum absolute atomic E-state index is 0.297. The molecular weight excluding hydrogens is 186 g/mol. The number of aromatic nitrogens is 3. The second-order valence-corrected chi connectivity index (χ2v) is 3.62. The van der Waals surface area contributed by atoms with Crippen LogP contribution >= 0.6 is 11.6 Å². The average molecular weight is 200 g/mol. The summed E-state index contributed by atoms with van der Waals surface area (Å²) in [6.45, 7) is 6.15. The van der Waals surface area contributed by atoms with Crippen LogP contribution < -0.4 is 0 Å². The first-order valence-corrected chi connectivity index (χ1v) is 4.86. The van der Waals surface area contributed by atoms with E-state index in [1.165, 1.54) is 0 Å². The van der Waals surface area contributed by atoms with Crippen LogP contribution in [0, 0.1) is 12.8 Å². The lowest BCUT2D eigenvalue weighted by Gasteiger charge is -2.06. The lowest BCUT2D eigenvalue weighted by atomic mass is 10.1. The first-order chi connectivity index (χ1) is 6.11. The molecule has 1 unspecified atom stereocenters. The van der Waals surface area contributed by atoms with E-state index in [0.717, 1.165) is 18.7 Å². The highest BCUT2D eigenvalue weighted by Crippen LogP contribution is 2.09. The Hall–Kier alpha value is -0.700. The number of nitrogens with zero attached hydrogens (tertiary/aromatic N) is 3. The molecule has 3 nitrogen and oxygen atoms in total. The molecule has 0 amide bonds. The molecule has 0 saturated carbocycles. The third kappa shape index (κ3) is 3.27. The van der Waals surface area contributed by atoms with Crippen LogP contribution in [-0.2, 0) is 6.42 Å². The molecule has 0 fully saturated rings. The third-order valence-corrected chi connectivity index (χ3v) is 2.16. The Balaban J connectivity index is 2.77. The van der Waals surface area contributed by atoms with Gasteiger partial charge in [0.05, 0.1) is 0 Å². The van der Waals surface area contributed by atoms with Gasteiger partial charge >= 0.3 is 0 Å². The van der Waals surface area contributed by atoms with E-state index in [2.05, 4.69) is 28.8 Å². The second-order valence-electron chi connectivity index (χ2n) is 3.29. The first-order valence-electron chi connectivity index (χ1n) is 4.49. The molecule has 1 aromatic rings. The van der Waals surface area contributed by atoms with E-state index in [1.807, 2.05) is 6.92 Å².